The molecule has 0 fully saturated rings. The van der Waals surface area contributed by atoms with Crippen molar-refractivity contribution in [3.63, 3.8) is 0 Å². The van der Waals surface area contributed by atoms with Crippen molar-refractivity contribution < 1.29 is 123 Å². The molecule has 0 amide bonds. The molecule has 0 aromatic carbocycles. The minimum Gasteiger partial charge on any atom is 0 e. The van der Waals surface area contributed by atoms with E-state index in [2.05, 4.69) is 0 Å². The topological polar surface area (TPSA) is 0 Å². The average Bonchev–Trinajstić information content (AvgIpc) is 0. The van der Waals surface area contributed by atoms with Crippen molar-refractivity contribution in [2.24, 2.45) is 0 Å². The second-order valence-electron chi connectivity index (χ2n) is 0. The predicted molar refractivity (Wildman–Crippen MR) is 0 cm³/mol. The molecule has 0 aliphatic heterocycles. The van der Waals surface area contributed by atoms with E-state index in [4.69, 9.17) is 0 Å². The zero-order valence-corrected chi connectivity index (χ0v) is 13.8. The molecule has 0 heterocycles. The molecule has 0 N–H and O–H groups in total. The zero-order valence-electron chi connectivity index (χ0n) is 2.10. The zero-order chi connectivity index (χ0) is 0. The largest absolute Gasteiger partial charge is 0 e. The molecule has 0 aromatic rings. The van der Waals surface area contributed by atoms with Crippen LogP contribution < -0.4 is 0 Å². The Morgan fingerprint density at radius 1 is 0.400 bits per heavy atom. The van der Waals surface area contributed by atoms with E-state index < -0.39 is 0 Å². The summed E-state index contributed by atoms with van der Waals surface area (Å²) in [6.07, 6.45) is 0. The summed E-state index contributed by atoms with van der Waals surface area (Å²) in [4.78, 5) is 0. The third kappa shape index (κ3) is 17.9. The van der Waals surface area contributed by atoms with E-state index in [-0.39, 0.29) is 123 Å². The Hall–Kier alpha value is 4.13. The standard InChI is InChI=1S/2Au.3Zr. The third-order valence-electron chi connectivity index (χ3n) is 0. The molecular formula is Au2Zr3. The van der Waals surface area contributed by atoms with E-state index in [0.29, 0.717) is 0 Å². The Labute approximate surface area is 120 Å². The minimum absolute atomic E-state index is 0. The normalized spacial score (nSPS) is 0. The fourth-order valence-corrected chi connectivity index (χ4v) is 0. The summed E-state index contributed by atoms with van der Waals surface area (Å²) in [5, 5.41) is 0. The second-order valence-corrected chi connectivity index (χ2v) is 0. The molecule has 5 heteroatoms. The molecule has 0 unspecified atom stereocenters. The molecule has 0 spiro atoms. The van der Waals surface area contributed by atoms with Gasteiger partial charge in [0.25, 0.3) is 0 Å². The van der Waals surface area contributed by atoms with Gasteiger partial charge >= 0.3 is 0 Å². The van der Waals surface area contributed by atoms with Crippen LogP contribution in [-0.4, -0.2) is 0 Å². The van der Waals surface area contributed by atoms with Gasteiger partial charge in [0, 0.05) is 123 Å². The molecule has 2 radical (unpaired) electrons. The Kier molecular flexibility index (Phi) is 171. The van der Waals surface area contributed by atoms with Crippen molar-refractivity contribution in [2.45, 2.75) is 0 Å². The van der Waals surface area contributed by atoms with Crippen molar-refractivity contribution >= 4 is 0 Å². The molecule has 0 saturated heterocycles. The van der Waals surface area contributed by atoms with Gasteiger partial charge in [-0.1, -0.05) is 0 Å². The van der Waals surface area contributed by atoms with Gasteiger partial charge in [-0.3, -0.25) is 0 Å². The van der Waals surface area contributed by atoms with Crippen LogP contribution >= 0.6 is 0 Å². The molecule has 0 rings (SSSR count). The van der Waals surface area contributed by atoms with Crippen LogP contribution in [0.15, 0.2) is 0 Å². The van der Waals surface area contributed by atoms with E-state index in [1.807, 2.05) is 0 Å². The van der Waals surface area contributed by atoms with Crippen molar-refractivity contribution in [3.05, 3.63) is 0 Å². The summed E-state index contributed by atoms with van der Waals surface area (Å²) in [6, 6.07) is 0. The quantitative estimate of drug-likeness (QED) is 0.319. The van der Waals surface area contributed by atoms with E-state index in [0.717, 1.165) is 0 Å². The molecule has 34 valence electrons. The first kappa shape index (κ1) is 35.4. The third-order valence-corrected chi connectivity index (χ3v) is 0. The average molecular weight is 668 g/mol. The van der Waals surface area contributed by atoms with Gasteiger partial charge in [0.05, 0.1) is 0 Å². The summed E-state index contributed by atoms with van der Waals surface area (Å²) in [5.74, 6) is 0. The summed E-state index contributed by atoms with van der Waals surface area (Å²) >= 11 is 0. The van der Waals surface area contributed by atoms with Gasteiger partial charge in [-0.2, -0.15) is 0 Å². The van der Waals surface area contributed by atoms with Gasteiger partial charge < -0.3 is 0 Å². The Balaban J connectivity index is 0. The Morgan fingerprint density at radius 2 is 0.400 bits per heavy atom. The summed E-state index contributed by atoms with van der Waals surface area (Å²) < 4.78 is 0. The summed E-state index contributed by atoms with van der Waals surface area (Å²) in [5.41, 5.74) is 0. The molecule has 0 aromatic heterocycles. The maximum Gasteiger partial charge on any atom is 0 e. The Bertz CT molecular complexity index is 4.85. The predicted octanol–water partition coefficient (Wildman–Crippen LogP) is -0.0125. The second kappa shape index (κ2) is 24.2. The summed E-state index contributed by atoms with van der Waals surface area (Å²) in [6.45, 7) is 0. The van der Waals surface area contributed by atoms with Crippen LogP contribution in [0, 0.1) is 0 Å². The van der Waals surface area contributed by atoms with Crippen LogP contribution in [-0.2, 0) is 123 Å². The van der Waals surface area contributed by atoms with Crippen LogP contribution in [0.5, 0.6) is 0 Å². The van der Waals surface area contributed by atoms with Crippen LogP contribution in [0.4, 0.5) is 0 Å². The van der Waals surface area contributed by atoms with Crippen molar-refractivity contribution in [2.75, 3.05) is 0 Å². The Morgan fingerprint density at radius 3 is 0.400 bits per heavy atom. The molecule has 0 saturated carbocycles. The molecular weight excluding hydrogens is 668 g/mol. The van der Waals surface area contributed by atoms with Crippen LogP contribution in [0.1, 0.15) is 0 Å². The fraction of sp³-hybridized carbons (Fsp3) is 0. The monoisotopic (exact) mass is 664 g/mol. The summed E-state index contributed by atoms with van der Waals surface area (Å²) in [7, 11) is 0. The number of hydrogen-bond acceptors (Lipinski definition) is 0. The smallest absolute Gasteiger partial charge is 0 e. The first-order chi connectivity index (χ1) is 0. The van der Waals surface area contributed by atoms with Gasteiger partial charge in [-0.15, -0.1) is 0 Å². The van der Waals surface area contributed by atoms with Crippen molar-refractivity contribution in [1.82, 2.24) is 0 Å². The minimum atomic E-state index is 0. The molecule has 0 nitrogen and oxygen atoms in total. The van der Waals surface area contributed by atoms with Gasteiger partial charge in [0.2, 0.25) is 0 Å². The first-order valence-electron chi connectivity index (χ1n) is 0. The van der Waals surface area contributed by atoms with Crippen LogP contribution in [0.25, 0.3) is 0 Å². The van der Waals surface area contributed by atoms with E-state index in [9.17, 15) is 0 Å². The van der Waals surface area contributed by atoms with Gasteiger partial charge in [-0.25, -0.2) is 0 Å². The van der Waals surface area contributed by atoms with E-state index in [1.54, 1.807) is 0 Å². The fourth-order valence-electron chi connectivity index (χ4n) is 0. The van der Waals surface area contributed by atoms with Crippen molar-refractivity contribution in [1.29, 1.82) is 0 Å². The number of rotatable bonds is 0. The molecule has 0 aliphatic rings. The molecule has 5 heavy (non-hydrogen) atoms. The maximum atomic E-state index is 0. The maximum absolute atomic E-state index is 0. The first-order valence-corrected chi connectivity index (χ1v) is 0. The van der Waals surface area contributed by atoms with Crippen LogP contribution in [0.3, 0.4) is 0 Å². The number of hydrogen-bond donors (Lipinski definition) is 0. The van der Waals surface area contributed by atoms with Crippen molar-refractivity contribution in [3.8, 4) is 0 Å². The molecule has 0 aliphatic carbocycles. The SMILES string of the molecule is [Au].[Au].[Zr].[Zr].[Zr]. The van der Waals surface area contributed by atoms with Gasteiger partial charge in [0.15, 0.2) is 0 Å². The van der Waals surface area contributed by atoms with Gasteiger partial charge in [0.1, 0.15) is 0 Å². The molecule has 0 atom stereocenters. The van der Waals surface area contributed by atoms with E-state index >= 15 is 0 Å². The van der Waals surface area contributed by atoms with Crippen LogP contribution in [0.2, 0.25) is 0 Å². The molecule has 0 bridgehead atoms. The van der Waals surface area contributed by atoms with Gasteiger partial charge in [-0.05, 0) is 0 Å². The van der Waals surface area contributed by atoms with E-state index in [1.165, 1.54) is 0 Å².